The molecule has 1 rings (SSSR count). The Kier molecular flexibility index (Phi) is 4.93. The zero-order valence-corrected chi connectivity index (χ0v) is 10.4. The standard InChI is InChI=1S/C11H19N3O3/c1-3-13(4-2)10(16)11(17)14-7-5-12(9-15)6-8-14/h9H,3-8H2,1-2H3. The zero-order chi connectivity index (χ0) is 12.8. The summed E-state index contributed by atoms with van der Waals surface area (Å²) in [6.07, 6.45) is 0.772. The molecule has 0 radical (unpaired) electrons. The van der Waals surface area contributed by atoms with Crippen LogP contribution in [-0.2, 0) is 14.4 Å². The van der Waals surface area contributed by atoms with Crippen LogP contribution in [0.5, 0.6) is 0 Å². The van der Waals surface area contributed by atoms with Crippen molar-refractivity contribution in [3.05, 3.63) is 0 Å². The first kappa shape index (κ1) is 13.5. The van der Waals surface area contributed by atoms with E-state index in [0.29, 0.717) is 39.3 Å². The highest BCUT2D eigenvalue weighted by molar-refractivity contribution is 6.34. The molecule has 6 nitrogen and oxygen atoms in total. The van der Waals surface area contributed by atoms with Crippen LogP contribution in [0.1, 0.15) is 13.8 Å². The summed E-state index contributed by atoms with van der Waals surface area (Å²) < 4.78 is 0. The SMILES string of the molecule is CCN(CC)C(=O)C(=O)N1CCN(C=O)CC1. The normalized spacial score (nSPS) is 15.6. The molecule has 0 atom stereocenters. The predicted octanol–water partition coefficient (Wildman–Crippen LogP) is -0.845. The van der Waals surface area contributed by atoms with Gasteiger partial charge in [0, 0.05) is 39.3 Å². The number of likely N-dealkylation sites (N-methyl/N-ethyl adjacent to an activating group) is 1. The van der Waals surface area contributed by atoms with E-state index in [1.807, 2.05) is 13.8 Å². The van der Waals surface area contributed by atoms with Crippen LogP contribution in [0, 0.1) is 0 Å². The average Bonchev–Trinajstić information content (AvgIpc) is 2.39. The Morgan fingerprint density at radius 3 is 2.06 bits per heavy atom. The Labute approximate surface area is 101 Å². The summed E-state index contributed by atoms with van der Waals surface area (Å²) in [6.45, 7) is 6.64. The number of rotatable bonds is 3. The average molecular weight is 241 g/mol. The van der Waals surface area contributed by atoms with Crippen LogP contribution >= 0.6 is 0 Å². The molecule has 0 aromatic carbocycles. The number of hydrogen-bond donors (Lipinski definition) is 0. The number of carbonyl (C=O) groups excluding carboxylic acids is 3. The number of hydrogen-bond acceptors (Lipinski definition) is 3. The molecule has 0 unspecified atom stereocenters. The second kappa shape index (κ2) is 6.22. The van der Waals surface area contributed by atoms with Gasteiger partial charge in [-0.15, -0.1) is 0 Å². The molecule has 0 bridgehead atoms. The fourth-order valence-corrected chi connectivity index (χ4v) is 1.81. The largest absolute Gasteiger partial charge is 0.342 e. The van der Waals surface area contributed by atoms with Gasteiger partial charge in [-0.05, 0) is 13.8 Å². The van der Waals surface area contributed by atoms with E-state index in [0.717, 1.165) is 6.41 Å². The molecule has 1 aliphatic rings. The molecule has 0 aromatic heterocycles. The Hall–Kier alpha value is -1.59. The first-order valence-corrected chi connectivity index (χ1v) is 5.91. The van der Waals surface area contributed by atoms with Gasteiger partial charge in [-0.25, -0.2) is 0 Å². The smallest absolute Gasteiger partial charge is 0.312 e. The highest BCUT2D eigenvalue weighted by atomic mass is 16.2. The zero-order valence-electron chi connectivity index (χ0n) is 10.4. The van der Waals surface area contributed by atoms with E-state index in [4.69, 9.17) is 0 Å². The fraction of sp³-hybridized carbons (Fsp3) is 0.727. The van der Waals surface area contributed by atoms with Crippen molar-refractivity contribution >= 4 is 18.2 Å². The maximum Gasteiger partial charge on any atom is 0.312 e. The van der Waals surface area contributed by atoms with Crippen molar-refractivity contribution in [3.8, 4) is 0 Å². The van der Waals surface area contributed by atoms with Crippen molar-refractivity contribution in [1.29, 1.82) is 0 Å². The first-order chi connectivity index (χ1) is 8.13. The van der Waals surface area contributed by atoms with Crippen LogP contribution in [0.25, 0.3) is 0 Å². The predicted molar refractivity (Wildman–Crippen MR) is 62.1 cm³/mol. The topological polar surface area (TPSA) is 60.9 Å². The van der Waals surface area contributed by atoms with Crippen molar-refractivity contribution in [1.82, 2.24) is 14.7 Å². The lowest BCUT2D eigenvalue weighted by atomic mass is 10.3. The van der Waals surface area contributed by atoms with Gasteiger partial charge < -0.3 is 14.7 Å². The second-order valence-electron chi connectivity index (χ2n) is 3.91. The Morgan fingerprint density at radius 2 is 1.65 bits per heavy atom. The number of piperazine rings is 1. The minimum atomic E-state index is -0.459. The van der Waals surface area contributed by atoms with Gasteiger partial charge in [0.2, 0.25) is 6.41 Å². The maximum absolute atomic E-state index is 11.9. The summed E-state index contributed by atoms with van der Waals surface area (Å²) in [6, 6.07) is 0. The lowest BCUT2D eigenvalue weighted by Gasteiger charge is -2.33. The van der Waals surface area contributed by atoms with Crippen molar-refractivity contribution in [2.45, 2.75) is 13.8 Å². The third kappa shape index (κ3) is 3.18. The molecular weight excluding hydrogens is 222 g/mol. The third-order valence-electron chi connectivity index (χ3n) is 2.98. The number of amides is 3. The van der Waals surface area contributed by atoms with Gasteiger partial charge in [0.1, 0.15) is 0 Å². The van der Waals surface area contributed by atoms with Crippen molar-refractivity contribution in [3.63, 3.8) is 0 Å². The minimum absolute atomic E-state index is 0.435. The van der Waals surface area contributed by atoms with Crippen LogP contribution < -0.4 is 0 Å². The molecule has 0 aliphatic carbocycles. The summed E-state index contributed by atoms with van der Waals surface area (Å²) in [7, 11) is 0. The number of nitrogens with zero attached hydrogens (tertiary/aromatic N) is 3. The molecule has 0 saturated carbocycles. The molecule has 96 valence electrons. The minimum Gasteiger partial charge on any atom is -0.342 e. The summed E-state index contributed by atoms with van der Waals surface area (Å²) in [4.78, 5) is 38.8. The molecule has 6 heteroatoms. The lowest BCUT2D eigenvalue weighted by molar-refractivity contribution is -0.152. The molecule has 1 fully saturated rings. The van der Waals surface area contributed by atoms with Gasteiger partial charge in [-0.2, -0.15) is 0 Å². The molecule has 0 aromatic rings. The molecule has 1 saturated heterocycles. The van der Waals surface area contributed by atoms with Gasteiger partial charge in [-0.3, -0.25) is 14.4 Å². The van der Waals surface area contributed by atoms with E-state index < -0.39 is 11.8 Å². The monoisotopic (exact) mass is 241 g/mol. The highest BCUT2D eigenvalue weighted by Crippen LogP contribution is 2.02. The second-order valence-corrected chi connectivity index (χ2v) is 3.91. The van der Waals surface area contributed by atoms with Crippen LogP contribution in [0.4, 0.5) is 0 Å². The molecular formula is C11H19N3O3. The van der Waals surface area contributed by atoms with Crippen molar-refractivity contribution < 1.29 is 14.4 Å². The highest BCUT2D eigenvalue weighted by Gasteiger charge is 2.27. The maximum atomic E-state index is 11.9. The summed E-state index contributed by atoms with van der Waals surface area (Å²) >= 11 is 0. The van der Waals surface area contributed by atoms with E-state index >= 15 is 0 Å². The molecule has 17 heavy (non-hydrogen) atoms. The van der Waals surface area contributed by atoms with E-state index in [9.17, 15) is 14.4 Å². The third-order valence-corrected chi connectivity index (χ3v) is 2.98. The van der Waals surface area contributed by atoms with Crippen LogP contribution in [0.2, 0.25) is 0 Å². The molecule has 1 heterocycles. The Morgan fingerprint density at radius 1 is 1.12 bits per heavy atom. The van der Waals surface area contributed by atoms with E-state index in [1.54, 1.807) is 4.90 Å². The Bertz CT molecular complexity index is 294. The molecule has 1 aliphatic heterocycles. The first-order valence-electron chi connectivity index (χ1n) is 5.91. The number of carbonyl (C=O) groups is 3. The van der Waals surface area contributed by atoms with E-state index in [2.05, 4.69) is 0 Å². The van der Waals surface area contributed by atoms with Crippen LogP contribution in [0.15, 0.2) is 0 Å². The molecule has 3 amide bonds. The van der Waals surface area contributed by atoms with E-state index in [1.165, 1.54) is 9.80 Å². The van der Waals surface area contributed by atoms with E-state index in [-0.39, 0.29) is 0 Å². The lowest BCUT2D eigenvalue weighted by Crippen LogP contribution is -2.52. The quantitative estimate of drug-likeness (QED) is 0.478. The van der Waals surface area contributed by atoms with Crippen LogP contribution in [-0.4, -0.2) is 72.2 Å². The fourth-order valence-electron chi connectivity index (χ4n) is 1.81. The van der Waals surface area contributed by atoms with Gasteiger partial charge in [0.05, 0.1) is 0 Å². The summed E-state index contributed by atoms with van der Waals surface area (Å²) in [5.41, 5.74) is 0. The van der Waals surface area contributed by atoms with Gasteiger partial charge >= 0.3 is 11.8 Å². The van der Waals surface area contributed by atoms with Crippen molar-refractivity contribution in [2.24, 2.45) is 0 Å². The van der Waals surface area contributed by atoms with Crippen molar-refractivity contribution in [2.75, 3.05) is 39.3 Å². The Balaban J connectivity index is 2.53. The summed E-state index contributed by atoms with van der Waals surface area (Å²) in [5, 5.41) is 0. The van der Waals surface area contributed by atoms with Gasteiger partial charge in [0.15, 0.2) is 0 Å². The molecule has 0 N–H and O–H groups in total. The van der Waals surface area contributed by atoms with Crippen LogP contribution in [0.3, 0.4) is 0 Å². The van der Waals surface area contributed by atoms with Gasteiger partial charge in [0.25, 0.3) is 0 Å². The van der Waals surface area contributed by atoms with Gasteiger partial charge in [-0.1, -0.05) is 0 Å². The summed E-state index contributed by atoms with van der Waals surface area (Å²) in [5.74, 6) is -0.909. The molecule has 0 spiro atoms.